The van der Waals surface area contributed by atoms with Crippen LogP contribution in [0.15, 0.2) is 22.1 Å². The topological polar surface area (TPSA) is 232 Å². The first-order valence-electron chi connectivity index (χ1n) is 17.2. The summed E-state index contributed by atoms with van der Waals surface area (Å²) in [7, 11) is 0. The molecule has 51 heavy (non-hydrogen) atoms. The van der Waals surface area contributed by atoms with Crippen molar-refractivity contribution < 1.29 is 28.6 Å². The Morgan fingerprint density at radius 1 is 0.882 bits per heavy atom. The van der Waals surface area contributed by atoms with Gasteiger partial charge in [-0.2, -0.15) is 4.99 Å². The molecule has 15 nitrogen and oxygen atoms in total. The number of aryl methyl sites for hydroxylation is 1. The number of hydrogen-bond acceptors (Lipinski definition) is 11. The number of amides is 3. The number of nitrogen functional groups attached to an aromatic ring is 2. The second-order valence-electron chi connectivity index (χ2n) is 14.2. The number of carbonyl (C=O) groups is 3. The van der Waals surface area contributed by atoms with Crippen molar-refractivity contribution >= 4 is 53.1 Å². The van der Waals surface area contributed by atoms with Crippen LogP contribution < -0.4 is 32.6 Å². The molecule has 1 aromatic carbocycles. The van der Waals surface area contributed by atoms with Crippen molar-refractivity contribution in [3.05, 3.63) is 39.7 Å². The molecule has 280 valence electrons. The number of carbonyl (C=O) groups excluding carboxylic acids is 3. The van der Waals surface area contributed by atoms with Crippen LogP contribution in [0, 0.1) is 0 Å². The summed E-state index contributed by atoms with van der Waals surface area (Å²) < 4.78 is 16.9. The summed E-state index contributed by atoms with van der Waals surface area (Å²) in [6.45, 7) is 11.4. The number of hydrogen-bond donors (Lipinski definition) is 5. The van der Waals surface area contributed by atoms with Gasteiger partial charge in [0.05, 0.1) is 6.61 Å². The van der Waals surface area contributed by atoms with Gasteiger partial charge in [-0.3, -0.25) is 20.4 Å². The van der Waals surface area contributed by atoms with Crippen molar-refractivity contribution in [3.8, 4) is 5.75 Å². The number of halogens is 1. The van der Waals surface area contributed by atoms with Crippen LogP contribution in [-0.4, -0.2) is 64.2 Å². The Labute approximate surface area is 304 Å². The van der Waals surface area contributed by atoms with E-state index in [1.165, 1.54) is 16.7 Å². The molecule has 0 saturated heterocycles. The molecule has 0 bridgehead atoms. The summed E-state index contributed by atoms with van der Waals surface area (Å²) in [6.07, 6.45) is 6.89. The maximum Gasteiger partial charge on any atom is 0.435 e. The van der Waals surface area contributed by atoms with Crippen LogP contribution in [0.5, 0.6) is 5.75 Å². The molecule has 1 aliphatic rings. The largest absolute Gasteiger partial charge is 0.493 e. The van der Waals surface area contributed by atoms with E-state index in [1.54, 1.807) is 41.5 Å². The molecule has 1 aromatic heterocycles. The molecule has 0 aliphatic heterocycles. The lowest BCUT2D eigenvalue weighted by Crippen LogP contribution is -2.38. The van der Waals surface area contributed by atoms with Crippen molar-refractivity contribution in [2.45, 2.75) is 117 Å². The van der Waals surface area contributed by atoms with E-state index >= 15 is 0 Å². The lowest BCUT2D eigenvalue weighted by atomic mass is 9.86. The molecule has 0 spiro atoms. The zero-order valence-electron chi connectivity index (χ0n) is 30.5. The predicted octanol–water partition coefficient (Wildman–Crippen LogP) is 5.65. The van der Waals surface area contributed by atoms with Gasteiger partial charge in [0.25, 0.3) is 5.91 Å². The standard InChI is InChI=1S/C35H52ClN9O6/c1-34(2,3)50-32(47)41-25(42-33(48)51-35(4,5)6)16-10-12-20-49-24-18-17-21(22-14-7-8-15-23(22)24)13-9-11-19-40-31(39)45-30(46)26-28(37)44-29(38)27(36)43-26/h17-18H,7-16,19-20H2,1-6H3,(H4,37,38,44)(H3,39,40,45,46)(H,41,42,47,48). The number of alkyl carbamates (subject to hydrolysis) is 1. The number of aromatic nitrogens is 2. The van der Waals surface area contributed by atoms with Gasteiger partial charge in [-0.05, 0) is 122 Å². The Hall–Kier alpha value is -4.66. The van der Waals surface area contributed by atoms with E-state index in [4.69, 9.17) is 43.0 Å². The fourth-order valence-electron chi connectivity index (χ4n) is 5.27. The molecule has 0 unspecified atom stereocenters. The van der Waals surface area contributed by atoms with Gasteiger partial charge < -0.3 is 31.4 Å². The van der Waals surface area contributed by atoms with Gasteiger partial charge in [-0.1, -0.05) is 17.7 Å². The zero-order valence-corrected chi connectivity index (χ0v) is 31.2. The van der Waals surface area contributed by atoms with Crippen molar-refractivity contribution in [3.63, 3.8) is 0 Å². The van der Waals surface area contributed by atoms with Gasteiger partial charge in [0.15, 0.2) is 28.4 Å². The molecular weight excluding hydrogens is 678 g/mol. The number of nitrogens with one attached hydrogen (secondary N) is 2. The van der Waals surface area contributed by atoms with E-state index in [-0.39, 0.29) is 34.3 Å². The summed E-state index contributed by atoms with van der Waals surface area (Å²) in [4.78, 5) is 53.0. The number of ether oxygens (including phenoxy) is 3. The van der Waals surface area contributed by atoms with Crippen LogP contribution >= 0.6 is 11.6 Å². The fraction of sp³-hybridized carbons (Fsp3) is 0.571. The summed E-state index contributed by atoms with van der Waals surface area (Å²) in [5.41, 5.74) is 19.5. The Morgan fingerprint density at radius 3 is 2.25 bits per heavy atom. The highest BCUT2D eigenvalue weighted by atomic mass is 35.5. The third-order valence-corrected chi connectivity index (χ3v) is 7.70. The minimum atomic E-state index is -0.778. The van der Waals surface area contributed by atoms with Crippen molar-refractivity contribution in [1.82, 2.24) is 20.6 Å². The van der Waals surface area contributed by atoms with Gasteiger partial charge >= 0.3 is 12.2 Å². The van der Waals surface area contributed by atoms with E-state index in [9.17, 15) is 14.4 Å². The maximum atomic E-state index is 12.4. The van der Waals surface area contributed by atoms with E-state index in [1.807, 2.05) is 6.07 Å². The average molecular weight is 730 g/mol. The Bertz CT molecular complexity index is 1620. The number of amidine groups is 1. The van der Waals surface area contributed by atoms with E-state index in [0.717, 1.165) is 50.7 Å². The predicted molar refractivity (Wildman–Crippen MR) is 198 cm³/mol. The van der Waals surface area contributed by atoms with Crippen LogP contribution in [0.3, 0.4) is 0 Å². The lowest BCUT2D eigenvalue weighted by Gasteiger charge is -2.23. The first kappa shape index (κ1) is 40.8. The molecule has 3 amide bonds. The molecule has 0 saturated carbocycles. The van der Waals surface area contributed by atoms with E-state index in [0.29, 0.717) is 32.4 Å². The number of anilines is 2. The van der Waals surface area contributed by atoms with Crippen LogP contribution in [-0.2, 0) is 28.7 Å². The normalized spacial score (nSPS) is 13.6. The van der Waals surface area contributed by atoms with Crippen molar-refractivity contribution in [2.24, 2.45) is 15.7 Å². The van der Waals surface area contributed by atoms with Crippen LogP contribution in [0.1, 0.15) is 114 Å². The Morgan fingerprint density at radius 2 is 1.57 bits per heavy atom. The van der Waals surface area contributed by atoms with Crippen LogP contribution in [0.2, 0.25) is 5.15 Å². The second-order valence-corrected chi connectivity index (χ2v) is 14.5. The Kier molecular flexibility index (Phi) is 14.8. The fourth-order valence-corrected chi connectivity index (χ4v) is 5.40. The SMILES string of the molecule is CC(C)(C)OC(=O)N=C(CCCCOc1ccc(CCCCN=C(N)NC(=O)c2nc(Cl)c(N)nc2N)c2c1CCCC2)NC(=O)OC(C)(C)C. The molecule has 0 radical (unpaired) electrons. The minimum Gasteiger partial charge on any atom is -0.493 e. The van der Waals surface area contributed by atoms with Gasteiger partial charge in [0, 0.05) is 13.0 Å². The number of guanidine groups is 1. The number of benzene rings is 1. The highest BCUT2D eigenvalue weighted by molar-refractivity contribution is 6.31. The second kappa shape index (κ2) is 18.5. The number of nitrogens with two attached hydrogens (primary N) is 3. The summed E-state index contributed by atoms with van der Waals surface area (Å²) in [6, 6.07) is 4.18. The zero-order chi connectivity index (χ0) is 37.8. The summed E-state index contributed by atoms with van der Waals surface area (Å²) in [5, 5.41) is 4.91. The smallest absolute Gasteiger partial charge is 0.435 e. The molecule has 1 aliphatic carbocycles. The maximum absolute atomic E-state index is 12.4. The number of nitrogens with zero attached hydrogens (tertiary/aromatic N) is 4. The van der Waals surface area contributed by atoms with Crippen molar-refractivity contribution in [2.75, 3.05) is 24.6 Å². The van der Waals surface area contributed by atoms with Gasteiger partial charge in [-0.25, -0.2) is 19.6 Å². The first-order valence-corrected chi connectivity index (χ1v) is 17.6. The van der Waals surface area contributed by atoms with Crippen molar-refractivity contribution in [1.29, 1.82) is 0 Å². The number of fused-ring (bicyclic) bond motifs is 1. The van der Waals surface area contributed by atoms with Gasteiger partial charge in [0.1, 0.15) is 22.8 Å². The first-order chi connectivity index (χ1) is 23.9. The highest BCUT2D eigenvalue weighted by Crippen LogP contribution is 2.33. The third-order valence-electron chi connectivity index (χ3n) is 7.42. The number of aliphatic imine (C=N–C) groups is 2. The molecule has 0 atom stereocenters. The Balaban J connectivity index is 1.50. The number of rotatable bonds is 12. The van der Waals surface area contributed by atoms with Crippen LogP contribution in [0.25, 0.3) is 0 Å². The average Bonchev–Trinajstić information content (AvgIpc) is 3.01. The summed E-state index contributed by atoms with van der Waals surface area (Å²) >= 11 is 5.85. The highest BCUT2D eigenvalue weighted by Gasteiger charge is 2.21. The quantitative estimate of drug-likeness (QED) is 0.102. The number of unbranched alkanes of at least 4 members (excludes halogenated alkanes) is 2. The molecular formula is C35H52ClN9O6. The van der Waals surface area contributed by atoms with Gasteiger partial charge in [0.2, 0.25) is 0 Å². The molecule has 16 heteroatoms. The van der Waals surface area contributed by atoms with Gasteiger partial charge in [-0.15, -0.1) is 0 Å². The summed E-state index contributed by atoms with van der Waals surface area (Å²) in [5.74, 6) is 0.110. The van der Waals surface area contributed by atoms with E-state index < -0.39 is 29.3 Å². The van der Waals surface area contributed by atoms with E-state index in [2.05, 4.69) is 36.7 Å². The third kappa shape index (κ3) is 14.2. The lowest BCUT2D eigenvalue weighted by molar-refractivity contribution is 0.0561. The molecule has 8 N–H and O–H groups in total. The molecule has 0 fully saturated rings. The monoisotopic (exact) mass is 729 g/mol. The molecule has 3 rings (SSSR count). The minimum absolute atomic E-state index is 0.0566. The molecule has 2 aromatic rings. The molecule has 1 heterocycles. The van der Waals surface area contributed by atoms with Crippen LogP contribution in [0.4, 0.5) is 21.2 Å².